The first-order chi connectivity index (χ1) is 24.8. The van der Waals surface area contributed by atoms with Crippen LogP contribution in [0.3, 0.4) is 0 Å². The molecule has 0 spiro atoms. The molecule has 0 radical (unpaired) electrons. The van der Waals surface area contributed by atoms with Crippen molar-refractivity contribution in [2.24, 2.45) is 0 Å². The maximum atomic E-state index is 6.39. The summed E-state index contributed by atoms with van der Waals surface area (Å²) in [6.07, 6.45) is 0. The minimum absolute atomic E-state index is 0.721. The van der Waals surface area contributed by atoms with Crippen molar-refractivity contribution in [2.45, 2.75) is 0 Å². The van der Waals surface area contributed by atoms with Crippen LogP contribution in [0.1, 0.15) is 0 Å². The molecule has 9 aromatic carbocycles. The highest BCUT2D eigenvalue weighted by Gasteiger charge is 2.21. The lowest BCUT2D eigenvalue weighted by Crippen LogP contribution is -1.99. The molecular formula is C48H30O2. The molecular weight excluding hydrogens is 609 g/mol. The van der Waals surface area contributed by atoms with Crippen molar-refractivity contribution in [2.75, 3.05) is 0 Å². The Hall–Kier alpha value is -6.64. The zero-order valence-electron chi connectivity index (χ0n) is 27.1. The van der Waals surface area contributed by atoms with E-state index < -0.39 is 0 Å². The van der Waals surface area contributed by atoms with Gasteiger partial charge in [-0.3, -0.25) is 0 Å². The fourth-order valence-electron chi connectivity index (χ4n) is 7.49. The fourth-order valence-corrected chi connectivity index (χ4v) is 7.49. The summed E-state index contributed by atoms with van der Waals surface area (Å²) in [6.45, 7) is 0. The fraction of sp³-hybridized carbons (Fsp3) is 0. The van der Waals surface area contributed by atoms with Crippen molar-refractivity contribution >= 4 is 32.3 Å². The number of benzene rings is 9. The van der Waals surface area contributed by atoms with Crippen molar-refractivity contribution in [3.63, 3.8) is 0 Å². The number of hydrogen-bond donors (Lipinski definition) is 0. The molecule has 9 aromatic rings. The van der Waals surface area contributed by atoms with E-state index in [1.54, 1.807) is 0 Å². The average Bonchev–Trinajstić information content (AvgIpc) is 3.18. The van der Waals surface area contributed by atoms with Crippen LogP contribution in [0, 0.1) is 0 Å². The van der Waals surface area contributed by atoms with Gasteiger partial charge in [0.25, 0.3) is 0 Å². The van der Waals surface area contributed by atoms with Gasteiger partial charge in [0.2, 0.25) is 0 Å². The van der Waals surface area contributed by atoms with Crippen LogP contribution < -0.4 is 9.47 Å². The Balaban J connectivity index is 1.03. The van der Waals surface area contributed by atoms with Gasteiger partial charge in [0, 0.05) is 0 Å². The lowest BCUT2D eigenvalue weighted by molar-refractivity contribution is 0.360. The molecule has 0 saturated heterocycles. The van der Waals surface area contributed by atoms with Gasteiger partial charge >= 0.3 is 0 Å². The van der Waals surface area contributed by atoms with E-state index in [4.69, 9.17) is 9.47 Å². The summed E-state index contributed by atoms with van der Waals surface area (Å²) in [7, 11) is 0. The topological polar surface area (TPSA) is 18.5 Å². The largest absolute Gasteiger partial charge is 0.449 e. The van der Waals surface area contributed by atoms with Gasteiger partial charge in [-0.1, -0.05) is 158 Å². The van der Waals surface area contributed by atoms with Crippen LogP contribution in [0.15, 0.2) is 182 Å². The Labute approximate surface area is 290 Å². The number of ether oxygens (including phenoxy) is 2. The first-order valence-corrected chi connectivity index (χ1v) is 17.0. The molecule has 0 saturated carbocycles. The van der Waals surface area contributed by atoms with Gasteiger partial charge in [-0.25, -0.2) is 0 Å². The molecule has 1 heterocycles. The van der Waals surface area contributed by atoms with Crippen molar-refractivity contribution in [1.29, 1.82) is 0 Å². The molecule has 0 amide bonds. The Bertz CT molecular complexity index is 2670. The Morgan fingerprint density at radius 1 is 0.240 bits per heavy atom. The molecule has 0 bridgehead atoms. The highest BCUT2D eigenvalue weighted by atomic mass is 16.6. The lowest BCUT2D eigenvalue weighted by Gasteiger charge is -2.22. The van der Waals surface area contributed by atoms with E-state index in [2.05, 4.69) is 158 Å². The highest BCUT2D eigenvalue weighted by molar-refractivity contribution is 6.21. The number of fused-ring (bicyclic) bond motifs is 5. The maximum absolute atomic E-state index is 6.39. The van der Waals surface area contributed by atoms with Gasteiger partial charge in [-0.05, 0) is 101 Å². The summed E-state index contributed by atoms with van der Waals surface area (Å²) < 4.78 is 12.7. The molecule has 0 aromatic heterocycles. The molecule has 50 heavy (non-hydrogen) atoms. The molecule has 0 fully saturated rings. The summed E-state index contributed by atoms with van der Waals surface area (Å²) in [5.41, 5.74) is 9.55. The molecule has 10 rings (SSSR count). The normalized spacial score (nSPS) is 11.9. The first-order valence-electron chi connectivity index (χ1n) is 17.0. The average molecular weight is 639 g/mol. The second-order valence-corrected chi connectivity index (χ2v) is 12.9. The predicted molar refractivity (Wildman–Crippen MR) is 207 cm³/mol. The van der Waals surface area contributed by atoms with Gasteiger partial charge < -0.3 is 9.47 Å². The van der Waals surface area contributed by atoms with Gasteiger partial charge in [0.05, 0.1) is 0 Å². The van der Waals surface area contributed by atoms with E-state index in [1.165, 1.54) is 54.9 Å². The molecule has 1 aliphatic rings. The summed E-state index contributed by atoms with van der Waals surface area (Å²) in [5, 5.41) is 7.23. The summed E-state index contributed by atoms with van der Waals surface area (Å²) >= 11 is 0. The molecule has 2 heteroatoms. The van der Waals surface area contributed by atoms with E-state index in [9.17, 15) is 0 Å². The van der Waals surface area contributed by atoms with Gasteiger partial charge in [-0.15, -0.1) is 0 Å². The molecule has 0 unspecified atom stereocenters. The molecule has 234 valence electrons. The van der Waals surface area contributed by atoms with Crippen molar-refractivity contribution in [1.82, 2.24) is 0 Å². The lowest BCUT2D eigenvalue weighted by atomic mass is 9.85. The van der Waals surface area contributed by atoms with E-state index in [0.717, 1.165) is 44.9 Å². The smallest absolute Gasteiger partial charge is 0.170 e. The Morgan fingerprint density at radius 3 is 1.12 bits per heavy atom. The third-order valence-corrected chi connectivity index (χ3v) is 9.91. The van der Waals surface area contributed by atoms with Gasteiger partial charge in [-0.2, -0.15) is 0 Å². The van der Waals surface area contributed by atoms with Crippen LogP contribution in [0.4, 0.5) is 0 Å². The van der Waals surface area contributed by atoms with Crippen LogP contribution in [0.5, 0.6) is 23.0 Å². The van der Waals surface area contributed by atoms with Gasteiger partial charge in [0.15, 0.2) is 23.0 Å². The second-order valence-electron chi connectivity index (χ2n) is 12.9. The SMILES string of the molecule is c1ccc(-c2ccc(-c3c4ccccc4c(-c4ccc(-c5ccc6c(c5)Oc5cc7ccccc7cc5O6)cc4)c4ccccc34)cc2)cc1. The quantitative estimate of drug-likeness (QED) is 0.179. The second kappa shape index (κ2) is 11.5. The molecule has 0 atom stereocenters. The monoisotopic (exact) mass is 638 g/mol. The van der Waals surface area contributed by atoms with Gasteiger partial charge in [0.1, 0.15) is 0 Å². The first kappa shape index (κ1) is 28.4. The number of hydrogen-bond acceptors (Lipinski definition) is 2. The third-order valence-electron chi connectivity index (χ3n) is 9.91. The zero-order chi connectivity index (χ0) is 33.0. The summed E-state index contributed by atoms with van der Waals surface area (Å²) in [5.74, 6) is 2.92. The highest BCUT2D eigenvalue weighted by Crippen LogP contribution is 2.48. The minimum Gasteiger partial charge on any atom is -0.449 e. The molecule has 1 aliphatic heterocycles. The summed E-state index contributed by atoms with van der Waals surface area (Å²) in [4.78, 5) is 0. The van der Waals surface area contributed by atoms with Crippen LogP contribution in [0.25, 0.3) is 76.8 Å². The van der Waals surface area contributed by atoms with Crippen molar-refractivity contribution in [3.8, 4) is 67.5 Å². The zero-order valence-corrected chi connectivity index (χ0v) is 27.1. The van der Waals surface area contributed by atoms with Crippen LogP contribution in [0.2, 0.25) is 0 Å². The summed E-state index contributed by atoms with van der Waals surface area (Å²) in [6, 6.07) is 64.6. The van der Waals surface area contributed by atoms with Crippen LogP contribution in [-0.4, -0.2) is 0 Å². The van der Waals surface area contributed by atoms with E-state index in [1.807, 2.05) is 24.3 Å². The maximum Gasteiger partial charge on any atom is 0.170 e. The van der Waals surface area contributed by atoms with Crippen LogP contribution >= 0.6 is 0 Å². The van der Waals surface area contributed by atoms with E-state index in [-0.39, 0.29) is 0 Å². The van der Waals surface area contributed by atoms with Crippen molar-refractivity contribution in [3.05, 3.63) is 182 Å². The Morgan fingerprint density at radius 2 is 0.600 bits per heavy atom. The third kappa shape index (κ3) is 4.73. The van der Waals surface area contributed by atoms with E-state index in [0.29, 0.717) is 0 Å². The molecule has 2 nitrogen and oxygen atoms in total. The molecule has 0 aliphatic carbocycles. The van der Waals surface area contributed by atoms with Crippen LogP contribution in [-0.2, 0) is 0 Å². The standard InChI is InChI=1S/C48H30O2/c1-2-10-31(11-3-1)32-18-22-34(23-19-32)47-39-14-6-8-16-41(39)48(42-17-9-7-15-40(42)47)35-24-20-33(21-25-35)38-26-27-43-44(30-38)50-46-29-37-13-5-4-12-36(37)28-45(46)49-43/h1-30H. The Kier molecular flexibility index (Phi) is 6.53. The minimum atomic E-state index is 0.721. The molecule has 0 N–H and O–H groups in total. The van der Waals surface area contributed by atoms with E-state index >= 15 is 0 Å². The van der Waals surface area contributed by atoms with Crippen molar-refractivity contribution < 1.29 is 9.47 Å². The predicted octanol–water partition coefficient (Wildman–Crippen LogP) is 13.7. The number of rotatable bonds is 4.